The second-order valence-electron chi connectivity index (χ2n) is 5.95. The molecule has 118 valence electrons. The lowest BCUT2D eigenvalue weighted by molar-refractivity contribution is 1.12. The zero-order valence-corrected chi connectivity index (χ0v) is 13.3. The van der Waals surface area contributed by atoms with Crippen LogP contribution in [0.15, 0.2) is 79.0 Å². The molecule has 0 aliphatic heterocycles. The van der Waals surface area contributed by atoms with Crippen LogP contribution in [-0.2, 0) is 0 Å². The van der Waals surface area contributed by atoms with E-state index in [2.05, 4.69) is 34.5 Å². The van der Waals surface area contributed by atoms with Crippen molar-refractivity contribution in [3.05, 3.63) is 79.0 Å². The van der Waals surface area contributed by atoms with Gasteiger partial charge < -0.3 is 0 Å². The van der Waals surface area contributed by atoms with E-state index in [1.807, 2.05) is 54.7 Å². The molecule has 0 atom stereocenters. The normalized spacial score (nSPS) is 11.2. The van der Waals surface area contributed by atoms with Gasteiger partial charge in [0.05, 0.1) is 34.1 Å². The van der Waals surface area contributed by atoms with Crippen LogP contribution in [0.5, 0.6) is 0 Å². The van der Waals surface area contributed by atoms with Gasteiger partial charge in [0.15, 0.2) is 0 Å². The van der Waals surface area contributed by atoms with Crippen LogP contribution < -0.4 is 0 Å². The maximum atomic E-state index is 4.95. The minimum absolute atomic E-state index is 0.857. The van der Waals surface area contributed by atoms with Gasteiger partial charge in [0, 0.05) is 16.5 Å². The molecule has 5 aromatic rings. The van der Waals surface area contributed by atoms with Gasteiger partial charge in [0.25, 0.3) is 0 Å². The first-order valence-corrected chi connectivity index (χ1v) is 8.14. The SMILES string of the molecule is c1ccc(-c2nc3cc4cn[nH]c4cc3nc2-c2ccccc2)cc1. The van der Waals surface area contributed by atoms with Crippen molar-refractivity contribution in [1.29, 1.82) is 0 Å². The van der Waals surface area contributed by atoms with Gasteiger partial charge in [0.2, 0.25) is 0 Å². The maximum absolute atomic E-state index is 4.95. The van der Waals surface area contributed by atoms with E-state index in [1.54, 1.807) is 0 Å². The summed E-state index contributed by atoms with van der Waals surface area (Å²) in [5, 5.41) is 8.14. The Bertz CT molecular complexity index is 1090. The topological polar surface area (TPSA) is 54.5 Å². The van der Waals surface area contributed by atoms with Crippen molar-refractivity contribution in [2.45, 2.75) is 0 Å². The molecule has 3 aromatic carbocycles. The smallest absolute Gasteiger partial charge is 0.0973 e. The molecule has 5 rings (SSSR count). The van der Waals surface area contributed by atoms with Gasteiger partial charge in [-0.3, -0.25) is 5.10 Å². The zero-order chi connectivity index (χ0) is 16.6. The predicted molar refractivity (Wildman–Crippen MR) is 100 cm³/mol. The van der Waals surface area contributed by atoms with Gasteiger partial charge in [-0.15, -0.1) is 0 Å². The van der Waals surface area contributed by atoms with Crippen LogP contribution in [0.25, 0.3) is 44.5 Å². The summed E-state index contributed by atoms with van der Waals surface area (Å²) >= 11 is 0. The number of nitrogens with one attached hydrogen (secondary N) is 1. The summed E-state index contributed by atoms with van der Waals surface area (Å²) in [5.41, 5.74) is 6.58. The maximum Gasteiger partial charge on any atom is 0.0973 e. The molecular formula is C21H14N4. The van der Waals surface area contributed by atoms with E-state index in [4.69, 9.17) is 9.97 Å². The Hall–Kier alpha value is -3.53. The molecule has 0 saturated heterocycles. The first-order valence-electron chi connectivity index (χ1n) is 8.14. The molecule has 0 unspecified atom stereocenters. The van der Waals surface area contributed by atoms with Crippen molar-refractivity contribution in [3.63, 3.8) is 0 Å². The summed E-state index contributed by atoms with van der Waals surface area (Å²) in [6.07, 6.45) is 1.81. The van der Waals surface area contributed by atoms with Crippen LogP contribution in [-0.4, -0.2) is 20.2 Å². The quantitative estimate of drug-likeness (QED) is 0.506. The lowest BCUT2D eigenvalue weighted by Gasteiger charge is -2.10. The molecule has 2 aromatic heterocycles. The zero-order valence-electron chi connectivity index (χ0n) is 13.3. The molecule has 2 heterocycles. The Morgan fingerprint density at radius 2 is 1.20 bits per heavy atom. The van der Waals surface area contributed by atoms with E-state index in [1.165, 1.54) is 0 Å². The van der Waals surface area contributed by atoms with Crippen molar-refractivity contribution in [2.24, 2.45) is 0 Å². The van der Waals surface area contributed by atoms with E-state index >= 15 is 0 Å². The first kappa shape index (κ1) is 13.9. The van der Waals surface area contributed by atoms with Crippen molar-refractivity contribution in [1.82, 2.24) is 20.2 Å². The standard InChI is InChI=1S/C21H14N4/c1-3-7-14(8-4-1)20-21(15-9-5-2-6-10-15)24-19-12-17-16(13-22-25-17)11-18(19)23-20/h1-13H,(H,22,25). The summed E-state index contributed by atoms with van der Waals surface area (Å²) < 4.78 is 0. The number of hydrogen-bond acceptors (Lipinski definition) is 3. The van der Waals surface area contributed by atoms with E-state index in [-0.39, 0.29) is 0 Å². The lowest BCUT2D eigenvalue weighted by Crippen LogP contribution is -1.95. The summed E-state index contributed by atoms with van der Waals surface area (Å²) in [6.45, 7) is 0. The highest BCUT2D eigenvalue weighted by molar-refractivity contribution is 5.95. The molecule has 25 heavy (non-hydrogen) atoms. The van der Waals surface area contributed by atoms with Gasteiger partial charge in [-0.1, -0.05) is 60.7 Å². The average molecular weight is 322 g/mol. The molecule has 0 radical (unpaired) electrons. The Labute approximate surface area is 144 Å². The Kier molecular flexibility index (Phi) is 3.07. The van der Waals surface area contributed by atoms with Crippen LogP contribution in [0.4, 0.5) is 0 Å². The van der Waals surface area contributed by atoms with Gasteiger partial charge in [-0.25, -0.2) is 9.97 Å². The average Bonchev–Trinajstić information content (AvgIpc) is 3.14. The van der Waals surface area contributed by atoms with E-state index in [0.717, 1.165) is 44.5 Å². The lowest BCUT2D eigenvalue weighted by atomic mass is 10.0. The summed E-state index contributed by atoms with van der Waals surface area (Å²) in [4.78, 5) is 9.89. The fourth-order valence-corrected chi connectivity index (χ4v) is 3.09. The molecule has 0 amide bonds. The van der Waals surface area contributed by atoms with Crippen molar-refractivity contribution in [2.75, 3.05) is 0 Å². The molecule has 0 spiro atoms. The second-order valence-corrected chi connectivity index (χ2v) is 5.95. The van der Waals surface area contributed by atoms with Gasteiger partial charge in [0.1, 0.15) is 0 Å². The van der Waals surface area contributed by atoms with E-state index < -0.39 is 0 Å². The first-order chi connectivity index (χ1) is 12.4. The van der Waals surface area contributed by atoms with Crippen LogP contribution in [0.3, 0.4) is 0 Å². The number of hydrogen-bond donors (Lipinski definition) is 1. The molecule has 0 saturated carbocycles. The molecule has 0 aliphatic carbocycles. The third-order valence-electron chi connectivity index (χ3n) is 4.32. The van der Waals surface area contributed by atoms with E-state index in [9.17, 15) is 0 Å². The van der Waals surface area contributed by atoms with Crippen molar-refractivity contribution < 1.29 is 0 Å². The van der Waals surface area contributed by atoms with Crippen LogP contribution in [0.1, 0.15) is 0 Å². The number of benzene rings is 3. The molecule has 0 fully saturated rings. The van der Waals surface area contributed by atoms with Crippen LogP contribution in [0.2, 0.25) is 0 Å². The van der Waals surface area contributed by atoms with Crippen molar-refractivity contribution in [3.8, 4) is 22.5 Å². The molecular weight excluding hydrogens is 308 g/mol. The number of fused-ring (bicyclic) bond motifs is 2. The molecule has 4 nitrogen and oxygen atoms in total. The highest BCUT2D eigenvalue weighted by atomic mass is 15.1. The van der Waals surface area contributed by atoms with E-state index in [0.29, 0.717) is 0 Å². The third kappa shape index (κ3) is 2.35. The molecule has 0 aliphatic rings. The number of aromatic amines is 1. The predicted octanol–water partition coefficient (Wildman–Crippen LogP) is 4.84. The molecule has 0 bridgehead atoms. The number of rotatable bonds is 2. The highest BCUT2D eigenvalue weighted by Gasteiger charge is 2.13. The van der Waals surface area contributed by atoms with Gasteiger partial charge >= 0.3 is 0 Å². The molecule has 1 N–H and O–H groups in total. The van der Waals surface area contributed by atoms with Crippen LogP contribution in [0, 0.1) is 0 Å². The second kappa shape index (κ2) is 5.53. The highest BCUT2D eigenvalue weighted by Crippen LogP contribution is 2.31. The summed E-state index contributed by atoms with van der Waals surface area (Å²) in [5.74, 6) is 0. The van der Waals surface area contributed by atoms with Crippen molar-refractivity contribution >= 4 is 21.9 Å². The summed E-state index contributed by atoms with van der Waals surface area (Å²) in [7, 11) is 0. The number of nitrogens with zero attached hydrogens (tertiary/aromatic N) is 3. The number of H-pyrrole nitrogens is 1. The fourth-order valence-electron chi connectivity index (χ4n) is 3.09. The van der Waals surface area contributed by atoms with Gasteiger partial charge in [-0.2, -0.15) is 5.10 Å². The minimum atomic E-state index is 0.857. The Morgan fingerprint density at radius 1 is 0.640 bits per heavy atom. The monoisotopic (exact) mass is 322 g/mol. The largest absolute Gasteiger partial charge is 0.278 e. The minimum Gasteiger partial charge on any atom is -0.278 e. The Morgan fingerprint density at radius 3 is 1.80 bits per heavy atom. The van der Waals surface area contributed by atoms with Crippen LogP contribution >= 0.6 is 0 Å². The van der Waals surface area contributed by atoms with Gasteiger partial charge in [-0.05, 0) is 12.1 Å². The Balaban J connectivity index is 1.86. The molecule has 4 heteroatoms. The fraction of sp³-hybridized carbons (Fsp3) is 0. The number of aromatic nitrogens is 4. The summed E-state index contributed by atoms with van der Waals surface area (Å²) in [6, 6.07) is 24.4. The third-order valence-corrected chi connectivity index (χ3v) is 4.32.